The summed E-state index contributed by atoms with van der Waals surface area (Å²) in [7, 11) is 0. The van der Waals surface area contributed by atoms with Crippen molar-refractivity contribution in [2.24, 2.45) is 17.3 Å². The van der Waals surface area contributed by atoms with E-state index in [4.69, 9.17) is 4.74 Å². The molecule has 0 fully saturated rings. The minimum atomic E-state index is -0.144. The Morgan fingerprint density at radius 3 is 2.40 bits per heavy atom. The number of esters is 1. The largest absolute Gasteiger partial charge is 0.457 e. The minimum absolute atomic E-state index is 0.0199. The molecule has 2 atom stereocenters. The molecule has 0 heterocycles. The number of hydrogen-bond acceptors (Lipinski definition) is 2. The van der Waals surface area contributed by atoms with Gasteiger partial charge in [0.15, 0.2) is 0 Å². The molecule has 0 aliphatic heterocycles. The monoisotopic (exact) mass is 209 g/mol. The first-order chi connectivity index (χ1) is 6.75. The lowest BCUT2D eigenvalue weighted by atomic mass is 9.82. The third-order valence-electron chi connectivity index (χ3n) is 3.08. The second-order valence-corrected chi connectivity index (χ2v) is 5.33. The Hall–Kier alpha value is -0.790. The van der Waals surface area contributed by atoms with Gasteiger partial charge < -0.3 is 4.74 Å². The molecular weight excluding hydrogens is 188 g/mol. The van der Waals surface area contributed by atoms with E-state index >= 15 is 0 Å². The van der Waals surface area contributed by atoms with Crippen molar-refractivity contribution in [3.05, 3.63) is 18.6 Å². The zero-order valence-corrected chi connectivity index (χ0v) is 10.3. The van der Waals surface area contributed by atoms with Crippen LogP contribution in [-0.2, 0) is 9.53 Å². The van der Waals surface area contributed by atoms with E-state index in [1.807, 2.05) is 20.8 Å². The zero-order valence-electron chi connectivity index (χ0n) is 10.3. The van der Waals surface area contributed by atoms with Crippen molar-refractivity contribution in [2.75, 3.05) is 0 Å². The Labute approximate surface area is 92.7 Å². The van der Waals surface area contributed by atoms with Crippen LogP contribution in [0.4, 0.5) is 0 Å². The fraction of sp³-hybridized carbons (Fsp3) is 0.692. The van der Waals surface area contributed by atoms with Crippen molar-refractivity contribution in [3.8, 4) is 0 Å². The van der Waals surface area contributed by atoms with Crippen molar-refractivity contribution in [1.29, 1.82) is 0 Å². The van der Waals surface area contributed by atoms with Crippen molar-refractivity contribution < 1.29 is 9.53 Å². The summed E-state index contributed by atoms with van der Waals surface area (Å²) in [5.74, 6) is -0.104. The topological polar surface area (TPSA) is 26.3 Å². The first-order valence-electron chi connectivity index (χ1n) is 5.48. The van der Waals surface area contributed by atoms with Crippen LogP contribution in [0, 0.1) is 24.2 Å². The highest BCUT2D eigenvalue weighted by Crippen LogP contribution is 2.42. The van der Waals surface area contributed by atoms with E-state index in [-0.39, 0.29) is 29.3 Å². The minimum Gasteiger partial charge on any atom is -0.457 e. The van der Waals surface area contributed by atoms with Gasteiger partial charge in [-0.1, -0.05) is 33.8 Å². The van der Waals surface area contributed by atoms with Gasteiger partial charge in [-0.2, -0.15) is 0 Å². The molecule has 1 aliphatic carbocycles. The predicted octanol–water partition coefficient (Wildman–Crippen LogP) is 2.99. The van der Waals surface area contributed by atoms with Gasteiger partial charge in [0.1, 0.15) is 6.10 Å². The maximum Gasteiger partial charge on any atom is 0.308 e. The van der Waals surface area contributed by atoms with Gasteiger partial charge >= 0.3 is 5.97 Å². The van der Waals surface area contributed by atoms with E-state index in [9.17, 15) is 4.79 Å². The van der Waals surface area contributed by atoms with E-state index in [1.165, 1.54) is 0 Å². The van der Waals surface area contributed by atoms with E-state index in [1.54, 1.807) is 0 Å². The summed E-state index contributed by atoms with van der Waals surface area (Å²) >= 11 is 0. The Morgan fingerprint density at radius 1 is 1.53 bits per heavy atom. The van der Waals surface area contributed by atoms with Crippen molar-refractivity contribution in [2.45, 2.75) is 40.7 Å². The average Bonchev–Trinajstić information content (AvgIpc) is 2.27. The standard InChI is InChI=1S/C13H21O2/c1-8(2)12(14)15-11-9(3)7-13(5,6)10(11)4/h7-8,10-11H,4H2,1-3,5-6H3/t10-,11-/m0/s1. The van der Waals surface area contributed by atoms with Crippen LogP contribution in [0.5, 0.6) is 0 Å². The Balaban J connectivity index is 2.74. The lowest BCUT2D eigenvalue weighted by Crippen LogP contribution is -2.30. The molecule has 0 saturated carbocycles. The summed E-state index contributed by atoms with van der Waals surface area (Å²) in [5, 5.41) is 0. The quantitative estimate of drug-likeness (QED) is 0.516. The molecule has 2 nitrogen and oxygen atoms in total. The van der Waals surface area contributed by atoms with Crippen LogP contribution in [0.15, 0.2) is 11.6 Å². The SMILES string of the molecule is [CH2][C@H]1[C@@H](OC(=O)C(C)C)C(C)=CC1(C)C. The molecule has 0 aromatic heterocycles. The molecule has 2 heteroatoms. The predicted molar refractivity (Wildman–Crippen MR) is 61.1 cm³/mol. The second-order valence-electron chi connectivity index (χ2n) is 5.33. The van der Waals surface area contributed by atoms with Gasteiger partial charge in [-0.25, -0.2) is 0 Å². The molecule has 0 bridgehead atoms. The van der Waals surface area contributed by atoms with Crippen molar-refractivity contribution in [1.82, 2.24) is 0 Å². The maximum atomic E-state index is 11.5. The number of hydrogen-bond donors (Lipinski definition) is 0. The molecule has 1 rings (SSSR count). The number of carbonyl (C=O) groups excluding carboxylic acids is 1. The lowest BCUT2D eigenvalue weighted by molar-refractivity contribution is -0.153. The third kappa shape index (κ3) is 2.42. The molecule has 0 aromatic carbocycles. The number of carbonyl (C=O) groups is 1. The van der Waals surface area contributed by atoms with Gasteiger partial charge in [0, 0.05) is 5.92 Å². The highest BCUT2D eigenvalue weighted by atomic mass is 16.5. The summed E-state index contributed by atoms with van der Waals surface area (Å²) < 4.78 is 5.46. The maximum absolute atomic E-state index is 11.5. The summed E-state index contributed by atoms with van der Waals surface area (Å²) in [6, 6.07) is 0. The molecule has 0 aromatic rings. The summed E-state index contributed by atoms with van der Waals surface area (Å²) in [4.78, 5) is 11.5. The van der Waals surface area contributed by atoms with E-state index < -0.39 is 0 Å². The molecule has 85 valence electrons. The highest BCUT2D eigenvalue weighted by molar-refractivity contribution is 5.72. The van der Waals surface area contributed by atoms with Gasteiger partial charge in [-0.15, -0.1) is 0 Å². The number of allylic oxidation sites excluding steroid dienone is 1. The van der Waals surface area contributed by atoms with Crippen LogP contribution in [0.2, 0.25) is 0 Å². The molecule has 15 heavy (non-hydrogen) atoms. The Kier molecular flexibility index (Phi) is 3.27. The van der Waals surface area contributed by atoms with Crippen molar-refractivity contribution in [3.63, 3.8) is 0 Å². The first kappa shape index (κ1) is 12.3. The van der Waals surface area contributed by atoms with Crippen LogP contribution in [-0.4, -0.2) is 12.1 Å². The zero-order chi connectivity index (χ0) is 11.8. The lowest BCUT2D eigenvalue weighted by Gasteiger charge is -2.27. The van der Waals surface area contributed by atoms with E-state index in [0.717, 1.165) is 5.57 Å². The third-order valence-corrected chi connectivity index (χ3v) is 3.08. The fourth-order valence-corrected chi connectivity index (χ4v) is 1.92. The number of ether oxygens (including phenoxy) is 1. The fourth-order valence-electron chi connectivity index (χ4n) is 1.92. The normalized spacial score (nSPS) is 29.1. The molecule has 0 unspecified atom stereocenters. The average molecular weight is 209 g/mol. The molecule has 0 amide bonds. The van der Waals surface area contributed by atoms with Crippen molar-refractivity contribution >= 4 is 5.97 Å². The van der Waals surface area contributed by atoms with Gasteiger partial charge in [0.2, 0.25) is 0 Å². The second kappa shape index (κ2) is 3.99. The molecule has 1 radical (unpaired) electrons. The van der Waals surface area contributed by atoms with Gasteiger partial charge in [-0.05, 0) is 24.8 Å². The molecular formula is C13H21O2. The molecule has 0 N–H and O–H groups in total. The number of rotatable bonds is 2. The van der Waals surface area contributed by atoms with Crippen LogP contribution in [0.1, 0.15) is 34.6 Å². The van der Waals surface area contributed by atoms with Crippen LogP contribution < -0.4 is 0 Å². The molecule has 0 saturated heterocycles. The van der Waals surface area contributed by atoms with Crippen LogP contribution >= 0.6 is 0 Å². The Morgan fingerprint density at radius 2 is 2.07 bits per heavy atom. The van der Waals surface area contributed by atoms with E-state index in [2.05, 4.69) is 26.8 Å². The summed E-state index contributed by atoms with van der Waals surface area (Å²) in [6.45, 7) is 14.0. The Bertz CT molecular complexity index is 287. The summed E-state index contributed by atoms with van der Waals surface area (Å²) in [5.41, 5.74) is 1.14. The smallest absolute Gasteiger partial charge is 0.308 e. The first-order valence-corrected chi connectivity index (χ1v) is 5.48. The van der Waals surface area contributed by atoms with E-state index in [0.29, 0.717) is 0 Å². The van der Waals surface area contributed by atoms with Gasteiger partial charge in [0.25, 0.3) is 0 Å². The van der Waals surface area contributed by atoms with Crippen LogP contribution in [0.25, 0.3) is 0 Å². The summed E-state index contributed by atoms with van der Waals surface area (Å²) in [6.07, 6.45) is 2.01. The van der Waals surface area contributed by atoms with Crippen LogP contribution in [0.3, 0.4) is 0 Å². The molecule has 1 aliphatic rings. The van der Waals surface area contributed by atoms with Gasteiger partial charge in [-0.3, -0.25) is 4.79 Å². The highest BCUT2D eigenvalue weighted by Gasteiger charge is 2.40. The van der Waals surface area contributed by atoms with Gasteiger partial charge in [0.05, 0.1) is 5.92 Å². The molecule has 0 spiro atoms.